The van der Waals surface area contributed by atoms with Gasteiger partial charge in [0.15, 0.2) is 4.96 Å². The van der Waals surface area contributed by atoms with Gasteiger partial charge >= 0.3 is 0 Å². The number of hydrogen-bond donors (Lipinski definition) is 2. The number of aliphatic hydroxyl groups is 1. The van der Waals surface area contributed by atoms with Crippen molar-refractivity contribution < 1.29 is 5.11 Å². The van der Waals surface area contributed by atoms with E-state index in [1.54, 1.807) is 11.3 Å². The van der Waals surface area contributed by atoms with E-state index in [1.165, 1.54) is 0 Å². The number of rotatable bonds is 4. The lowest BCUT2D eigenvalue weighted by atomic mass is 10.3. The van der Waals surface area contributed by atoms with Gasteiger partial charge in [-0.3, -0.25) is 4.40 Å². The van der Waals surface area contributed by atoms with Crippen LogP contribution in [-0.2, 0) is 6.54 Å². The van der Waals surface area contributed by atoms with Crippen LogP contribution in [0.1, 0.15) is 12.6 Å². The lowest BCUT2D eigenvalue weighted by molar-refractivity contribution is 0.250. The summed E-state index contributed by atoms with van der Waals surface area (Å²) in [5.41, 5.74) is 1.01. The van der Waals surface area contributed by atoms with Gasteiger partial charge in [0, 0.05) is 30.4 Å². The average molecular weight is 211 g/mol. The topological polar surface area (TPSA) is 49.6 Å². The predicted molar refractivity (Wildman–Crippen MR) is 56.5 cm³/mol. The Morgan fingerprint density at radius 2 is 2.57 bits per heavy atom. The van der Waals surface area contributed by atoms with Crippen LogP contribution in [0.4, 0.5) is 0 Å². The number of hydrogen-bond acceptors (Lipinski definition) is 4. The van der Waals surface area contributed by atoms with Crippen molar-refractivity contribution in [2.45, 2.75) is 19.5 Å². The Balaban J connectivity index is 2.01. The molecule has 2 aromatic rings. The summed E-state index contributed by atoms with van der Waals surface area (Å²) in [4.78, 5) is 5.43. The highest BCUT2D eigenvalue weighted by Gasteiger charge is 2.03. The van der Waals surface area contributed by atoms with Crippen LogP contribution in [-0.4, -0.2) is 27.1 Å². The van der Waals surface area contributed by atoms with Gasteiger partial charge in [-0.2, -0.15) is 0 Å². The molecule has 0 aliphatic rings. The second-order valence-corrected chi connectivity index (χ2v) is 4.16. The van der Waals surface area contributed by atoms with E-state index < -0.39 is 0 Å². The molecule has 0 amide bonds. The Hall–Kier alpha value is -0.910. The number of aliphatic hydroxyl groups excluding tert-OH is 1. The molecule has 1 unspecified atom stereocenters. The highest BCUT2D eigenvalue weighted by atomic mass is 32.1. The zero-order valence-corrected chi connectivity index (χ0v) is 8.79. The zero-order valence-electron chi connectivity index (χ0n) is 7.97. The molecule has 0 aromatic carbocycles. The minimum atomic E-state index is 0.120. The first-order chi connectivity index (χ1) is 6.79. The molecule has 2 aromatic heterocycles. The van der Waals surface area contributed by atoms with Gasteiger partial charge in [-0.25, -0.2) is 4.98 Å². The van der Waals surface area contributed by atoms with Crippen molar-refractivity contribution >= 4 is 16.3 Å². The molecule has 2 rings (SSSR count). The quantitative estimate of drug-likeness (QED) is 0.789. The summed E-state index contributed by atoms with van der Waals surface area (Å²) in [5.74, 6) is 0. The summed E-state index contributed by atoms with van der Waals surface area (Å²) in [5, 5.41) is 14.0. The van der Waals surface area contributed by atoms with Gasteiger partial charge in [-0.05, 0) is 6.92 Å². The van der Waals surface area contributed by atoms with Crippen LogP contribution in [0.5, 0.6) is 0 Å². The lowest BCUT2D eigenvalue weighted by Gasteiger charge is -2.07. The van der Waals surface area contributed by atoms with Gasteiger partial charge in [0.05, 0.1) is 12.3 Å². The molecular weight excluding hydrogens is 198 g/mol. The van der Waals surface area contributed by atoms with Crippen molar-refractivity contribution in [1.29, 1.82) is 0 Å². The first-order valence-corrected chi connectivity index (χ1v) is 5.43. The highest BCUT2D eigenvalue weighted by Crippen LogP contribution is 2.10. The fourth-order valence-corrected chi connectivity index (χ4v) is 1.92. The van der Waals surface area contributed by atoms with Crippen LogP contribution in [0, 0.1) is 0 Å². The molecule has 4 nitrogen and oxygen atoms in total. The Bertz CT molecular complexity index is 380. The first kappa shape index (κ1) is 9.64. The number of fused-ring (bicyclic) bond motifs is 1. The van der Waals surface area contributed by atoms with E-state index in [1.807, 2.05) is 29.1 Å². The summed E-state index contributed by atoms with van der Waals surface area (Å²) in [6, 6.07) is 0.120. The molecule has 5 heteroatoms. The highest BCUT2D eigenvalue weighted by molar-refractivity contribution is 7.15. The number of nitrogens with one attached hydrogen (secondary N) is 1. The minimum Gasteiger partial charge on any atom is -0.395 e. The molecule has 76 valence electrons. The van der Waals surface area contributed by atoms with Gasteiger partial charge in [0.2, 0.25) is 0 Å². The van der Waals surface area contributed by atoms with Crippen molar-refractivity contribution in [3.8, 4) is 0 Å². The maximum Gasteiger partial charge on any atom is 0.193 e. The molecule has 0 saturated carbocycles. The molecule has 1 atom stereocenters. The van der Waals surface area contributed by atoms with Crippen molar-refractivity contribution in [3.05, 3.63) is 23.5 Å². The van der Waals surface area contributed by atoms with Crippen LogP contribution in [0.3, 0.4) is 0 Å². The Morgan fingerprint density at radius 3 is 3.29 bits per heavy atom. The van der Waals surface area contributed by atoms with Gasteiger partial charge in [0.25, 0.3) is 0 Å². The van der Waals surface area contributed by atoms with Crippen LogP contribution < -0.4 is 5.32 Å². The monoisotopic (exact) mass is 211 g/mol. The van der Waals surface area contributed by atoms with Crippen LogP contribution in [0.15, 0.2) is 17.8 Å². The normalized spacial score (nSPS) is 13.6. The SMILES string of the molecule is CC(CO)NCc1cn2ccsc2n1. The third kappa shape index (κ3) is 1.95. The van der Waals surface area contributed by atoms with Gasteiger partial charge in [-0.1, -0.05) is 0 Å². The van der Waals surface area contributed by atoms with E-state index in [-0.39, 0.29) is 12.6 Å². The summed E-state index contributed by atoms with van der Waals surface area (Å²) < 4.78 is 2.01. The van der Waals surface area contributed by atoms with Gasteiger partial charge in [0.1, 0.15) is 0 Å². The van der Waals surface area contributed by atoms with Crippen LogP contribution in [0.2, 0.25) is 0 Å². The maximum atomic E-state index is 8.83. The number of imidazole rings is 1. The summed E-state index contributed by atoms with van der Waals surface area (Å²) in [6.07, 6.45) is 3.99. The number of thiazole rings is 1. The van der Waals surface area contributed by atoms with E-state index in [0.717, 1.165) is 10.7 Å². The molecule has 2 N–H and O–H groups in total. The van der Waals surface area contributed by atoms with Crippen molar-refractivity contribution in [3.63, 3.8) is 0 Å². The standard InChI is InChI=1S/C9H13N3OS/c1-7(6-13)10-4-8-5-12-2-3-14-9(12)11-8/h2-3,5,7,10,13H,4,6H2,1H3. The zero-order chi connectivity index (χ0) is 9.97. The molecule has 0 aliphatic heterocycles. The Labute approximate surface area is 86.2 Å². The minimum absolute atomic E-state index is 0.120. The average Bonchev–Trinajstić information content (AvgIpc) is 2.73. The van der Waals surface area contributed by atoms with E-state index in [2.05, 4.69) is 10.3 Å². The van der Waals surface area contributed by atoms with Crippen LogP contribution in [0.25, 0.3) is 4.96 Å². The fraction of sp³-hybridized carbons (Fsp3) is 0.444. The fourth-order valence-electron chi connectivity index (χ4n) is 1.20. The van der Waals surface area contributed by atoms with Crippen molar-refractivity contribution in [2.24, 2.45) is 0 Å². The lowest BCUT2D eigenvalue weighted by Crippen LogP contribution is -2.28. The van der Waals surface area contributed by atoms with Gasteiger partial charge in [-0.15, -0.1) is 11.3 Å². The molecule has 0 saturated heterocycles. The molecule has 0 aliphatic carbocycles. The van der Waals surface area contributed by atoms with Crippen molar-refractivity contribution in [2.75, 3.05) is 6.61 Å². The summed E-state index contributed by atoms with van der Waals surface area (Å²) in [6.45, 7) is 2.80. The maximum absolute atomic E-state index is 8.83. The van der Waals surface area contributed by atoms with Gasteiger partial charge < -0.3 is 10.4 Å². The summed E-state index contributed by atoms with van der Waals surface area (Å²) in [7, 11) is 0. The van der Waals surface area contributed by atoms with Crippen LogP contribution >= 0.6 is 11.3 Å². The first-order valence-electron chi connectivity index (χ1n) is 4.55. The smallest absolute Gasteiger partial charge is 0.193 e. The molecule has 0 bridgehead atoms. The van der Waals surface area contributed by atoms with E-state index in [9.17, 15) is 0 Å². The predicted octanol–water partition coefficient (Wildman–Crippen LogP) is 0.866. The molecule has 2 heterocycles. The third-order valence-electron chi connectivity index (χ3n) is 2.05. The second kappa shape index (κ2) is 4.08. The molecular formula is C9H13N3OS. The molecule has 0 radical (unpaired) electrons. The molecule has 0 spiro atoms. The molecule has 14 heavy (non-hydrogen) atoms. The Morgan fingerprint density at radius 1 is 1.71 bits per heavy atom. The largest absolute Gasteiger partial charge is 0.395 e. The number of nitrogens with zero attached hydrogens (tertiary/aromatic N) is 2. The third-order valence-corrected chi connectivity index (χ3v) is 2.82. The van der Waals surface area contributed by atoms with E-state index >= 15 is 0 Å². The summed E-state index contributed by atoms with van der Waals surface area (Å²) >= 11 is 1.62. The van der Waals surface area contributed by atoms with E-state index in [0.29, 0.717) is 6.54 Å². The Kier molecular flexibility index (Phi) is 2.81. The molecule has 0 fully saturated rings. The van der Waals surface area contributed by atoms with E-state index in [4.69, 9.17) is 5.11 Å². The van der Waals surface area contributed by atoms with Crippen molar-refractivity contribution in [1.82, 2.24) is 14.7 Å². The number of aromatic nitrogens is 2. The second-order valence-electron chi connectivity index (χ2n) is 3.29.